The van der Waals surface area contributed by atoms with Gasteiger partial charge in [-0.2, -0.15) is 0 Å². The van der Waals surface area contributed by atoms with Gasteiger partial charge in [0.05, 0.1) is 14.2 Å². The van der Waals surface area contributed by atoms with E-state index >= 15 is 0 Å². The maximum absolute atomic E-state index is 12.7. The van der Waals surface area contributed by atoms with Crippen LogP contribution in [0.15, 0.2) is 66.7 Å². The van der Waals surface area contributed by atoms with Crippen LogP contribution in [0.25, 0.3) is 0 Å². The molecule has 3 aromatic rings. The molecule has 0 bridgehead atoms. The molecule has 1 N–H and O–H groups in total. The van der Waals surface area contributed by atoms with Crippen LogP contribution in [-0.4, -0.2) is 20.1 Å². The van der Waals surface area contributed by atoms with Crippen molar-refractivity contribution in [3.8, 4) is 17.2 Å². The Kier molecular flexibility index (Phi) is 6.17. The maximum atomic E-state index is 12.7. The highest BCUT2D eigenvalue weighted by Gasteiger charge is 2.18. The molecule has 0 spiro atoms. The SMILES string of the molecule is COc1cc(C(=O)Nc2ccc(C)cc2)cc(OC)c1OCc1ccccc1. The van der Waals surface area contributed by atoms with Gasteiger partial charge < -0.3 is 19.5 Å². The summed E-state index contributed by atoms with van der Waals surface area (Å²) >= 11 is 0. The van der Waals surface area contributed by atoms with Crippen LogP contribution in [0.4, 0.5) is 5.69 Å². The molecule has 0 saturated heterocycles. The van der Waals surface area contributed by atoms with E-state index in [1.165, 1.54) is 14.2 Å². The van der Waals surface area contributed by atoms with Gasteiger partial charge in [-0.3, -0.25) is 4.79 Å². The van der Waals surface area contributed by atoms with Crippen LogP contribution in [0, 0.1) is 6.92 Å². The van der Waals surface area contributed by atoms with E-state index in [0.29, 0.717) is 29.4 Å². The van der Waals surface area contributed by atoms with E-state index in [1.807, 2.05) is 61.5 Å². The molecule has 3 aromatic carbocycles. The fraction of sp³-hybridized carbons (Fsp3) is 0.174. The zero-order chi connectivity index (χ0) is 19.9. The molecule has 0 aliphatic carbocycles. The monoisotopic (exact) mass is 377 g/mol. The number of hydrogen-bond donors (Lipinski definition) is 1. The quantitative estimate of drug-likeness (QED) is 0.640. The van der Waals surface area contributed by atoms with Gasteiger partial charge in [-0.05, 0) is 36.8 Å². The summed E-state index contributed by atoms with van der Waals surface area (Å²) in [4.78, 5) is 12.7. The molecule has 0 saturated carbocycles. The Morgan fingerprint density at radius 3 is 2.07 bits per heavy atom. The second kappa shape index (κ2) is 8.95. The van der Waals surface area contributed by atoms with Gasteiger partial charge in [-0.25, -0.2) is 0 Å². The van der Waals surface area contributed by atoms with Gasteiger partial charge in [0.1, 0.15) is 6.61 Å². The van der Waals surface area contributed by atoms with Crippen LogP contribution in [0.5, 0.6) is 17.2 Å². The first-order chi connectivity index (χ1) is 13.6. The summed E-state index contributed by atoms with van der Waals surface area (Å²) in [7, 11) is 3.07. The third-order valence-corrected chi connectivity index (χ3v) is 4.26. The molecular weight excluding hydrogens is 354 g/mol. The maximum Gasteiger partial charge on any atom is 0.255 e. The summed E-state index contributed by atoms with van der Waals surface area (Å²) in [5, 5.41) is 2.87. The molecule has 28 heavy (non-hydrogen) atoms. The number of ether oxygens (including phenoxy) is 3. The number of rotatable bonds is 7. The Morgan fingerprint density at radius 1 is 0.893 bits per heavy atom. The standard InChI is InChI=1S/C23H23NO4/c1-16-9-11-19(12-10-16)24-23(25)18-13-20(26-2)22(21(14-18)27-3)28-15-17-7-5-4-6-8-17/h4-14H,15H2,1-3H3,(H,24,25). The summed E-state index contributed by atoms with van der Waals surface area (Å²) < 4.78 is 16.8. The van der Waals surface area contributed by atoms with Gasteiger partial charge in [0, 0.05) is 11.3 Å². The molecular formula is C23H23NO4. The third kappa shape index (κ3) is 4.62. The predicted octanol–water partition coefficient (Wildman–Crippen LogP) is 4.84. The summed E-state index contributed by atoms with van der Waals surface area (Å²) in [6.45, 7) is 2.36. The largest absolute Gasteiger partial charge is 0.493 e. The molecule has 144 valence electrons. The van der Waals surface area contributed by atoms with Crippen LogP contribution in [0.2, 0.25) is 0 Å². The van der Waals surface area contributed by atoms with Crippen molar-refractivity contribution < 1.29 is 19.0 Å². The van der Waals surface area contributed by atoms with Crippen LogP contribution in [0.1, 0.15) is 21.5 Å². The summed E-state index contributed by atoms with van der Waals surface area (Å²) in [5.41, 5.74) is 3.29. The average Bonchev–Trinajstić information content (AvgIpc) is 2.73. The molecule has 0 radical (unpaired) electrons. The van der Waals surface area contributed by atoms with Crippen LogP contribution < -0.4 is 19.5 Å². The Labute approximate surface area is 164 Å². The van der Waals surface area contributed by atoms with Crippen molar-refractivity contribution in [2.45, 2.75) is 13.5 Å². The second-order valence-electron chi connectivity index (χ2n) is 6.30. The molecule has 1 amide bonds. The smallest absolute Gasteiger partial charge is 0.255 e. The van der Waals surface area contributed by atoms with Crippen LogP contribution in [0.3, 0.4) is 0 Å². The highest BCUT2D eigenvalue weighted by molar-refractivity contribution is 6.05. The van der Waals surface area contributed by atoms with Crippen molar-refractivity contribution >= 4 is 11.6 Å². The lowest BCUT2D eigenvalue weighted by atomic mass is 10.1. The Bertz CT molecular complexity index is 912. The number of methoxy groups -OCH3 is 2. The first-order valence-electron chi connectivity index (χ1n) is 8.91. The third-order valence-electron chi connectivity index (χ3n) is 4.26. The van der Waals surface area contributed by atoms with Gasteiger partial charge in [-0.15, -0.1) is 0 Å². The lowest BCUT2D eigenvalue weighted by Gasteiger charge is -2.16. The first kappa shape index (κ1) is 19.3. The minimum atomic E-state index is -0.255. The number of hydrogen-bond acceptors (Lipinski definition) is 4. The molecule has 0 aliphatic rings. The van der Waals surface area contributed by atoms with Gasteiger partial charge in [0.15, 0.2) is 11.5 Å². The van der Waals surface area contributed by atoms with Crippen molar-refractivity contribution in [2.75, 3.05) is 19.5 Å². The highest BCUT2D eigenvalue weighted by atomic mass is 16.5. The van der Waals surface area contributed by atoms with E-state index in [9.17, 15) is 4.79 Å². The van der Waals surface area contributed by atoms with Crippen molar-refractivity contribution in [1.29, 1.82) is 0 Å². The summed E-state index contributed by atoms with van der Waals surface area (Å²) in [5.74, 6) is 1.07. The summed E-state index contributed by atoms with van der Waals surface area (Å²) in [6, 6.07) is 20.7. The van der Waals surface area contributed by atoms with Crippen LogP contribution >= 0.6 is 0 Å². The van der Waals surface area contributed by atoms with E-state index in [-0.39, 0.29) is 5.91 Å². The van der Waals surface area contributed by atoms with Crippen molar-refractivity contribution in [3.05, 3.63) is 83.4 Å². The molecule has 3 rings (SSSR count). The number of amides is 1. The Balaban J connectivity index is 1.83. The number of aryl methyl sites for hydroxylation is 1. The lowest BCUT2D eigenvalue weighted by Crippen LogP contribution is -2.12. The van der Waals surface area contributed by atoms with Gasteiger partial charge in [0.25, 0.3) is 5.91 Å². The fourth-order valence-corrected chi connectivity index (χ4v) is 2.72. The minimum absolute atomic E-state index is 0.255. The molecule has 0 aliphatic heterocycles. The molecule has 5 heteroatoms. The van der Waals surface area contributed by atoms with Gasteiger partial charge in [0.2, 0.25) is 5.75 Å². The number of benzene rings is 3. The number of nitrogens with one attached hydrogen (secondary N) is 1. The molecule has 0 unspecified atom stereocenters. The van der Waals surface area contributed by atoms with Gasteiger partial charge in [-0.1, -0.05) is 48.0 Å². The van der Waals surface area contributed by atoms with E-state index in [0.717, 1.165) is 16.8 Å². The Hall–Kier alpha value is -3.47. The molecule has 0 atom stereocenters. The second-order valence-corrected chi connectivity index (χ2v) is 6.30. The first-order valence-corrected chi connectivity index (χ1v) is 8.91. The fourth-order valence-electron chi connectivity index (χ4n) is 2.72. The number of carbonyl (C=O) groups is 1. The average molecular weight is 377 g/mol. The molecule has 0 aromatic heterocycles. The Morgan fingerprint density at radius 2 is 1.50 bits per heavy atom. The number of anilines is 1. The zero-order valence-electron chi connectivity index (χ0n) is 16.2. The highest BCUT2D eigenvalue weighted by Crippen LogP contribution is 2.39. The normalized spacial score (nSPS) is 10.2. The van der Waals surface area contributed by atoms with Crippen molar-refractivity contribution in [1.82, 2.24) is 0 Å². The molecule has 0 heterocycles. The van der Waals surface area contributed by atoms with E-state index in [4.69, 9.17) is 14.2 Å². The zero-order valence-corrected chi connectivity index (χ0v) is 16.2. The van der Waals surface area contributed by atoms with E-state index in [2.05, 4.69) is 5.32 Å². The molecule has 5 nitrogen and oxygen atoms in total. The predicted molar refractivity (Wildman–Crippen MR) is 109 cm³/mol. The van der Waals surface area contributed by atoms with Crippen molar-refractivity contribution in [3.63, 3.8) is 0 Å². The van der Waals surface area contributed by atoms with Gasteiger partial charge >= 0.3 is 0 Å². The summed E-state index contributed by atoms with van der Waals surface area (Å²) in [6.07, 6.45) is 0. The number of carbonyl (C=O) groups excluding carboxylic acids is 1. The van der Waals surface area contributed by atoms with Crippen LogP contribution in [-0.2, 0) is 6.61 Å². The minimum Gasteiger partial charge on any atom is -0.493 e. The molecule has 0 fully saturated rings. The lowest BCUT2D eigenvalue weighted by molar-refractivity contribution is 0.102. The topological polar surface area (TPSA) is 56.8 Å². The van der Waals surface area contributed by atoms with E-state index in [1.54, 1.807) is 12.1 Å². The van der Waals surface area contributed by atoms with E-state index < -0.39 is 0 Å². The van der Waals surface area contributed by atoms with Crippen molar-refractivity contribution in [2.24, 2.45) is 0 Å².